The standard InChI is InChI=1S/C14H16ClN3O/c1-10-8-13(18(9-10)7-6-16)14(19)17-12-5-3-2-4-11(12)15/h2-5,10,13H,7-9H2,1H3,(H,17,19)/t10-,13-/m0/s1. The predicted molar refractivity (Wildman–Crippen MR) is 74.8 cm³/mol. The molecule has 0 bridgehead atoms. The fourth-order valence-electron chi connectivity index (χ4n) is 2.45. The molecule has 100 valence electrons. The van der Waals surface area contributed by atoms with Gasteiger partial charge in [0.2, 0.25) is 5.91 Å². The molecule has 1 aliphatic heterocycles. The molecule has 1 aromatic carbocycles. The number of carbonyl (C=O) groups excluding carboxylic acids is 1. The fourth-order valence-corrected chi connectivity index (χ4v) is 2.63. The van der Waals surface area contributed by atoms with Crippen molar-refractivity contribution in [1.29, 1.82) is 5.26 Å². The summed E-state index contributed by atoms with van der Waals surface area (Å²) in [6, 6.07) is 9.02. The second kappa shape index (κ2) is 6.05. The molecule has 1 fully saturated rings. The molecule has 1 aromatic rings. The van der Waals surface area contributed by atoms with Gasteiger partial charge >= 0.3 is 0 Å². The van der Waals surface area contributed by atoms with E-state index in [1.54, 1.807) is 12.1 Å². The molecule has 1 amide bonds. The Morgan fingerprint density at radius 1 is 1.58 bits per heavy atom. The number of benzene rings is 1. The molecule has 1 saturated heterocycles. The van der Waals surface area contributed by atoms with E-state index in [2.05, 4.69) is 18.3 Å². The van der Waals surface area contributed by atoms with E-state index in [9.17, 15) is 4.79 Å². The molecule has 0 aromatic heterocycles. The van der Waals surface area contributed by atoms with Crippen molar-refractivity contribution in [3.63, 3.8) is 0 Å². The van der Waals surface area contributed by atoms with Gasteiger partial charge in [0.25, 0.3) is 0 Å². The van der Waals surface area contributed by atoms with Gasteiger partial charge in [-0.15, -0.1) is 0 Å². The number of halogens is 1. The summed E-state index contributed by atoms with van der Waals surface area (Å²) >= 11 is 6.02. The van der Waals surface area contributed by atoms with Crippen molar-refractivity contribution < 1.29 is 4.79 Å². The van der Waals surface area contributed by atoms with Crippen molar-refractivity contribution in [2.75, 3.05) is 18.4 Å². The fraction of sp³-hybridized carbons (Fsp3) is 0.429. The Bertz CT molecular complexity index is 512. The zero-order valence-corrected chi connectivity index (χ0v) is 11.5. The molecular weight excluding hydrogens is 262 g/mol. The number of likely N-dealkylation sites (tertiary alicyclic amines) is 1. The SMILES string of the molecule is C[C@H]1C[C@@H](C(=O)Nc2ccccc2Cl)N(CC#N)C1. The Labute approximate surface area is 118 Å². The smallest absolute Gasteiger partial charge is 0.241 e. The van der Waals surface area contributed by atoms with Crippen molar-refractivity contribution >= 4 is 23.2 Å². The first-order valence-electron chi connectivity index (χ1n) is 6.28. The maximum Gasteiger partial charge on any atom is 0.241 e. The third-order valence-electron chi connectivity index (χ3n) is 3.32. The van der Waals surface area contributed by atoms with Gasteiger partial charge in [-0.3, -0.25) is 9.69 Å². The number of anilines is 1. The lowest BCUT2D eigenvalue weighted by Crippen LogP contribution is -2.39. The monoisotopic (exact) mass is 277 g/mol. The largest absolute Gasteiger partial charge is 0.323 e. The van der Waals surface area contributed by atoms with Gasteiger partial charge in [-0.1, -0.05) is 30.7 Å². The van der Waals surface area contributed by atoms with Crippen molar-refractivity contribution in [1.82, 2.24) is 4.90 Å². The van der Waals surface area contributed by atoms with Gasteiger partial charge in [0.1, 0.15) is 0 Å². The lowest BCUT2D eigenvalue weighted by atomic mass is 10.1. The van der Waals surface area contributed by atoms with Gasteiger partial charge in [-0.2, -0.15) is 5.26 Å². The second-order valence-electron chi connectivity index (χ2n) is 4.91. The van der Waals surface area contributed by atoms with Crippen molar-refractivity contribution in [2.24, 2.45) is 5.92 Å². The Morgan fingerprint density at radius 3 is 3.00 bits per heavy atom. The third-order valence-corrected chi connectivity index (χ3v) is 3.65. The van der Waals surface area contributed by atoms with Crippen LogP contribution >= 0.6 is 11.6 Å². The summed E-state index contributed by atoms with van der Waals surface area (Å²) in [6.45, 7) is 3.16. The number of carbonyl (C=O) groups is 1. The van der Waals surface area contributed by atoms with E-state index >= 15 is 0 Å². The minimum absolute atomic E-state index is 0.0901. The van der Waals surface area contributed by atoms with Crippen LogP contribution in [0.4, 0.5) is 5.69 Å². The molecule has 0 aliphatic carbocycles. The Hall–Kier alpha value is -1.57. The summed E-state index contributed by atoms with van der Waals surface area (Å²) in [5.74, 6) is 0.336. The Balaban J connectivity index is 2.07. The van der Waals surface area contributed by atoms with Crippen LogP contribution in [0.3, 0.4) is 0 Å². The average molecular weight is 278 g/mol. The summed E-state index contributed by atoms with van der Waals surface area (Å²) in [5.41, 5.74) is 0.616. The summed E-state index contributed by atoms with van der Waals surface area (Å²) in [6.07, 6.45) is 0.776. The maximum atomic E-state index is 12.3. The number of rotatable bonds is 3. The molecule has 0 radical (unpaired) electrons. The van der Waals surface area contributed by atoms with Crippen LogP contribution in [-0.4, -0.2) is 29.9 Å². The number of nitriles is 1. The van der Waals surface area contributed by atoms with E-state index in [1.165, 1.54) is 0 Å². The molecule has 5 heteroatoms. The normalized spacial score (nSPS) is 23.0. The van der Waals surface area contributed by atoms with Crippen LogP contribution in [0.25, 0.3) is 0 Å². The second-order valence-corrected chi connectivity index (χ2v) is 5.32. The van der Waals surface area contributed by atoms with Gasteiger partial charge in [-0.05, 0) is 24.5 Å². The van der Waals surface area contributed by atoms with Crippen molar-refractivity contribution in [2.45, 2.75) is 19.4 Å². The van der Waals surface area contributed by atoms with Gasteiger partial charge in [0.05, 0.1) is 29.4 Å². The molecule has 1 N–H and O–H groups in total. The van der Waals surface area contributed by atoms with Crippen LogP contribution < -0.4 is 5.32 Å². The van der Waals surface area contributed by atoms with Gasteiger partial charge < -0.3 is 5.32 Å². The van der Waals surface area contributed by atoms with E-state index in [4.69, 9.17) is 16.9 Å². The molecule has 1 aliphatic rings. The topological polar surface area (TPSA) is 56.1 Å². The number of amides is 1. The van der Waals surface area contributed by atoms with Gasteiger partial charge in [0.15, 0.2) is 0 Å². The minimum Gasteiger partial charge on any atom is -0.323 e. The molecule has 1 heterocycles. The van der Waals surface area contributed by atoms with E-state index in [0.717, 1.165) is 13.0 Å². The third kappa shape index (κ3) is 3.25. The predicted octanol–water partition coefficient (Wildman–Crippen LogP) is 2.51. The number of nitrogens with zero attached hydrogens (tertiary/aromatic N) is 2. The van der Waals surface area contributed by atoms with E-state index in [0.29, 0.717) is 16.6 Å². The summed E-state index contributed by atoms with van der Waals surface area (Å²) in [7, 11) is 0. The molecule has 0 spiro atoms. The van der Waals surface area contributed by atoms with Crippen LogP contribution in [0.1, 0.15) is 13.3 Å². The summed E-state index contributed by atoms with van der Waals surface area (Å²) in [5, 5.41) is 12.2. The molecule has 19 heavy (non-hydrogen) atoms. The van der Waals surface area contributed by atoms with E-state index in [-0.39, 0.29) is 18.5 Å². The first-order valence-corrected chi connectivity index (χ1v) is 6.66. The zero-order valence-electron chi connectivity index (χ0n) is 10.8. The highest BCUT2D eigenvalue weighted by Crippen LogP contribution is 2.25. The molecule has 0 saturated carbocycles. The number of hydrogen-bond donors (Lipinski definition) is 1. The van der Waals surface area contributed by atoms with Crippen LogP contribution in [0, 0.1) is 17.2 Å². The Morgan fingerprint density at radius 2 is 2.32 bits per heavy atom. The van der Waals surface area contributed by atoms with Crippen molar-refractivity contribution in [3.8, 4) is 6.07 Å². The lowest BCUT2D eigenvalue weighted by Gasteiger charge is -2.20. The number of para-hydroxylation sites is 1. The van der Waals surface area contributed by atoms with Crippen LogP contribution in [0.15, 0.2) is 24.3 Å². The molecule has 2 rings (SSSR count). The lowest BCUT2D eigenvalue weighted by molar-refractivity contribution is -0.120. The van der Waals surface area contributed by atoms with Crippen molar-refractivity contribution in [3.05, 3.63) is 29.3 Å². The number of nitrogens with one attached hydrogen (secondary N) is 1. The van der Waals surface area contributed by atoms with E-state index < -0.39 is 0 Å². The van der Waals surface area contributed by atoms with Crippen LogP contribution in [-0.2, 0) is 4.79 Å². The summed E-state index contributed by atoms with van der Waals surface area (Å²) < 4.78 is 0. The maximum absolute atomic E-state index is 12.3. The van der Waals surface area contributed by atoms with E-state index in [1.807, 2.05) is 17.0 Å². The quantitative estimate of drug-likeness (QED) is 0.864. The summed E-state index contributed by atoms with van der Waals surface area (Å²) in [4.78, 5) is 14.2. The molecule has 4 nitrogen and oxygen atoms in total. The van der Waals surface area contributed by atoms with Gasteiger partial charge in [-0.25, -0.2) is 0 Å². The Kier molecular flexibility index (Phi) is 4.41. The minimum atomic E-state index is -0.245. The highest BCUT2D eigenvalue weighted by molar-refractivity contribution is 6.33. The van der Waals surface area contributed by atoms with Crippen LogP contribution in [0.2, 0.25) is 5.02 Å². The molecule has 2 atom stereocenters. The van der Waals surface area contributed by atoms with Gasteiger partial charge in [0, 0.05) is 6.54 Å². The molecular formula is C14H16ClN3O. The zero-order chi connectivity index (χ0) is 13.8. The average Bonchev–Trinajstić information content (AvgIpc) is 2.74. The highest BCUT2D eigenvalue weighted by Gasteiger charge is 2.34. The molecule has 0 unspecified atom stereocenters. The first kappa shape index (κ1) is 13.9. The first-order chi connectivity index (χ1) is 9.11. The highest BCUT2D eigenvalue weighted by atomic mass is 35.5. The van der Waals surface area contributed by atoms with Crippen LogP contribution in [0.5, 0.6) is 0 Å². The number of hydrogen-bond acceptors (Lipinski definition) is 3.